The summed E-state index contributed by atoms with van der Waals surface area (Å²) in [5.74, 6) is 1.18. The van der Waals surface area contributed by atoms with Crippen molar-refractivity contribution in [3.8, 4) is 17.1 Å². The van der Waals surface area contributed by atoms with Crippen molar-refractivity contribution in [1.29, 1.82) is 0 Å². The van der Waals surface area contributed by atoms with Crippen molar-refractivity contribution in [2.75, 3.05) is 36.8 Å². The van der Waals surface area contributed by atoms with Crippen LogP contribution in [0.15, 0.2) is 90.3 Å². The van der Waals surface area contributed by atoms with Crippen LogP contribution in [-0.2, 0) is 4.79 Å². The van der Waals surface area contributed by atoms with Gasteiger partial charge in [-0.3, -0.25) is 14.3 Å². The van der Waals surface area contributed by atoms with Gasteiger partial charge in [-0.25, -0.2) is 0 Å². The van der Waals surface area contributed by atoms with E-state index in [1.54, 1.807) is 12.4 Å². The third-order valence-corrected chi connectivity index (χ3v) is 6.58. The third kappa shape index (κ3) is 4.75. The molecule has 8 heteroatoms. The topological polar surface area (TPSA) is 67.2 Å². The molecule has 1 amide bonds. The predicted molar refractivity (Wildman–Crippen MR) is 131 cm³/mol. The summed E-state index contributed by atoms with van der Waals surface area (Å²) in [6, 6.07) is 24.2. The number of hydrogen-bond donors (Lipinski definition) is 0. The lowest BCUT2D eigenvalue weighted by molar-refractivity contribution is -0.128. The molecule has 33 heavy (non-hydrogen) atoms. The molecule has 0 spiro atoms. The lowest BCUT2D eigenvalue weighted by atomic mass is 10.2. The van der Waals surface area contributed by atoms with Gasteiger partial charge in [0.15, 0.2) is 11.0 Å². The van der Waals surface area contributed by atoms with Gasteiger partial charge in [0.05, 0.1) is 5.75 Å². The summed E-state index contributed by atoms with van der Waals surface area (Å²) in [5.41, 5.74) is 3.09. The van der Waals surface area contributed by atoms with E-state index >= 15 is 0 Å². The molecular formula is C25H24N6OS. The largest absolute Gasteiger partial charge is 0.368 e. The van der Waals surface area contributed by atoms with Gasteiger partial charge in [-0.2, -0.15) is 0 Å². The Hall–Kier alpha value is -3.65. The number of para-hydroxylation sites is 2. The van der Waals surface area contributed by atoms with Gasteiger partial charge in [-0.05, 0) is 36.4 Å². The summed E-state index contributed by atoms with van der Waals surface area (Å²) in [4.78, 5) is 21.3. The van der Waals surface area contributed by atoms with Crippen molar-refractivity contribution in [3.05, 3.63) is 85.2 Å². The maximum absolute atomic E-state index is 13.0. The van der Waals surface area contributed by atoms with Gasteiger partial charge >= 0.3 is 0 Å². The number of nitrogens with zero attached hydrogens (tertiary/aromatic N) is 6. The Morgan fingerprint density at radius 3 is 2.09 bits per heavy atom. The van der Waals surface area contributed by atoms with Crippen LogP contribution < -0.4 is 4.90 Å². The number of pyridine rings is 1. The Bertz CT molecular complexity index is 1190. The number of benzene rings is 2. The molecule has 4 aromatic rings. The maximum Gasteiger partial charge on any atom is 0.233 e. The van der Waals surface area contributed by atoms with Crippen LogP contribution in [0.25, 0.3) is 17.1 Å². The molecule has 1 fully saturated rings. The van der Waals surface area contributed by atoms with Crippen LogP contribution in [0.3, 0.4) is 0 Å². The first kappa shape index (κ1) is 21.2. The van der Waals surface area contributed by atoms with E-state index in [0.29, 0.717) is 10.9 Å². The van der Waals surface area contributed by atoms with Crippen LogP contribution in [0.4, 0.5) is 5.69 Å². The summed E-state index contributed by atoms with van der Waals surface area (Å²) in [7, 11) is 0. The van der Waals surface area contributed by atoms with Gasteiger partial charge in [-0.1, -0.05) is 48.2 Å². The number of carbonyl (C=O) groups excluding carboxylic acids is 1. The van der Waals surface area contributed by atoms with E-state index in [1.807, 2.05) is 70.1 Å². The average molecular weight is 457 g/mol. The van der Waals surface area contributed by atoms with Crippen molar-refractivity contribution < 1.29 is 4.79 Å². The van der Waals surface area contributed by atoms with Gasteiger partial charge in [0.25, 0.3) is 0 Å². The third-order valence-electron chi connectivity index (χ3n) is 5.66. The molecule has 2 aromatic heterocycles. The molecule has 0 bridgehead atoms. The predicted octanol–water partition coefficient (Wildman–Crippen LogP) is 3.77. The number of rotatable bonds is 6. The Morgan fingerprint density at radius 1 is 0.788 bits per heavy atom. The summed E-state index contributed by atoms with van der Waals surface area (Å²) < 4.78 is 2.00. The van der Waals surface area contributed by atoms with E-state index in [4.69, 9.17) is 0 Å². The first-order valence-corrected chi connectivity index (χ1v) is 11.9. The monoisotopic (exact) mass is 456 g/mol. The number of thioether (sulfide) groups is 1. The molecule has 0 radical (unpaired) electrons. The number of hydrogen-bond acceptors (Lipinski definition) is 6. The highest BCUT2D eigenvalue weighted by atomic mass is 32.2. The minimum Gasteiger partial charge on any atom is -0.368 e. The summed E-state index contributed by atoms with van der Waals surface area (Å²) in [6.45, 7) is 3.13. The van der Waals surface area contributed by atoms with Gasteiger partial charge < -0.3 is 9.80 Å². The van der Waals surface area contributed by atoms with E-state index in [9.17, 15) is 4.79 Å². The average Bonchev–Trinajstić information content (AvgIpc) is 3.33. The van der Waals surface area contributed by atoms with Crippen LogP contribution in [-0.4, -0.2) is 62.5 Å². The number of anilines is 1. The first-order valence-electron chi connectivity index (χ1n) is 10.9. The highest BCUT2D eigenvalue weighted by molar-refractivity contribution is 7.99. The van der Waals surface area contributed by atoms with Crippen LogP contribution in [0, 0.1) is 0 Å². The maximum atomic E-state index is 13.0. The fourth-order valence-corrected chi connectivity index (χ4v) is 4.79. The first-order chi connectivity index (χ1) is 16.3. The van der Waals surface area contributed by atoms with Crippen LogP contribution in [0.5, 0.6) is 0 Å². The van der Waals surface area contributed by atoms with E-state index in [0.717, 1.165) is 43.3 Å². The fraction of sp³-hybridized carbons (Fsp3) is 0.200. The van der Waals surface area contributed by atoms with Gasteiger partial charge in [-0.15, -0.1) is 10.2 Å². The van der Waals surface area contributed by atoms with Gasteiger partial charge in [0.1, 0.15) is 0 Å². The van der Waals surface area contributed by atoms with Crippen molar-refractivity contribution in [3.63, 3.8) is 0 Å². The molecule has 0 unspecified atom stereocenters. The SMILES string of the molecule is O=C(CSc1nnc(-c2ccncc2)n1-c1ccccc1)N1CCN(c2ccccc2)CC1. The standard InChI is InChI=1S/C25H24N6OS/c32-23(30-17-15-29(16-18-30)21-7-3-1-4-8-21)19-33-25-28-27-24(20-11-13-26-14-12-20)31(25)22-9-5-2-6-10-22/h1-14H,15-19H2. The molecule has 3 heterocycles. The van der Waals surface area contributed by atoms with Gasteiger partial charge in [0.2, 0.25) is 5.91 Å². The Kier molecular flexibility index (Phi) is 6.34. The molecule has 2 aromatic carbocycles. The van der Waals surface area contributed by atoms with Crippen LogP contribution in [0.2, 0.25) is 0 Å². The second kappa shape index (κ2) is 9.87. The molecule has 0 saturated carbocycles. The Balaban J connectivity index is 1.28. The molecule has 1 aliphatic heterocycles. The molecule has 0 atom stereocenters. The fourth-order valence-electron chi connectivity index (χ4n) is 3.93. The zero-order valence-corrected chi connectivity index (χ0v) is 18.9. The van der Waals surface area contributed by atoms with E-state index in [-0.39, 0.29) is 5.91 Å². The summed E-state index contributed by atoms with van der Waals surface area (Å²) in [5, 5.41) is 9.54. The van der Waals surface area contributed by atoms with Crippen molar-refractivity contribution in [1.82, 2.24) is 24.6 Å². The molecule has 0 aliphatic carbocycles. The minimum absolute atomic E-state index is 0.126. The minimum atomic E-state index is 0.126. The number of piperazine rings is 1. The summed E-state index contributed by atoms with van der Waals surface area (Å²) in [6.07, 6.45) is 3.48. The highest BCUT2D eigenvalue weighted by Gasteiger charge is 2.23. The molecule has 5 rings (SSSR count). The number of amides is 1. The van der Waals surface area contributed by atoms with Crippen LogP contribution >= 0.6 is 11.8 Å². The Morgan fingerprint density at radius 2 is 1.42 bits per heavy atom. The van der Waals surface area contributed by atoms with Gasteiger partial charge in [0, 0.05) is 55.5 Å². The molecule has 0 N–H and O–H groups in total. The van der Waals surface area contributed by atoms with E-state index in [1.165, 1.54) is 17.4 Å². The Labute approximate surface area is 197 Å². The molecular weight excluding hydrogens is 432 g/mol. The second-order valence-corrected chi connectivity index (χ2v) is 8.65. The summed E-state index contributed by atoms with van der Waals surface area (Å²) >= 11 is 1.43. The molecule has 1 aliphatic rings. The molecule has 7 nitrogen and oxygen atoms in total. The van der Waals surface area contributed by atoms with E-state index < -0.39 is 0 Å². The zero-order valence-electron chi connectivity index (χ0n) is 18.1. The molecule has 166 valence electrons. The smallest absolute Gasteiger partial charge is 0.233 e. The second-order valence-electron chi connectivity index (χ2n) is 7.71. The zero-order chi connectivity index (χ0) is 22.5. The lowest BCUT2D eigenvalue weighted by Crippen LogP contribution is -2.49. The quantitative estimate of drug-likeness (QED) is 0.412. The van der Waals surface area contributed by atoms with E-state index in [2.05, 4.69) is 32.2 Å². The normalized spacial score (nSPS) is 13.8. The number of carbonyl (C=O) groups is 1. The highest BCUT2D eigenvalue weighted by Crippen LogP contribution is 2.28. The van der Waals surface area contributed by atoms with Crippen molar-refractivity contribution in [2.45, 2.75) is 5.16 Å². The van der Waals surface area contributed by atoms with Crippen molar-refractivity contribution >= 4 is 23.4 Å². The van der Waals surface area contributed by atoms with Crippen molar-refractivity contribution in [2.24, 2.45) is 0 Å². The lowest BCUT2D eigenvalue weighted by Gasteiger charge is -2.36. The molecule has 1 saturated heterocycles. The number of aromatic nitrogens is 4. The van der Waals surface area contributed by atoms with Crippen LogP contribution in [0.1, 0.15) is 0 Å².